The lowest BCUT2D eigenvalue weighted by Crippen LogP contribution is -2.41. The Hall–Kier alpha value is -4.07. The van der Waals surface area contributed by atoms with E-state index in [1.165, 1.54) is 42.5 Å². The number of imide groups is 1. The van der Waals surface area contributed by atoms with E-state index in [1.54, 1.807) is 18.2 Å². The van der Waals surface area contributed by atoms with Crippen molar-refractivity contribution in [3.8, 4) is 0 Å². The maximum atomic E-state index is 12.7. The molecule has 0 saturated heterocycles. The fourth-order valence-electron chi connectivity index (χ4n) is 3.01. The molecule has 1 heterocycles. The Bertz CT molecular complexity index is 1120. The van der Waals surface area contributed by atoms with Gasteiger partial charge in [0.05, 0.1) is 27.0 Å². The molecule has 0 fully saturated rings. The number of nitrogens with zero attached hydrogens (tertiary/aromatic N) is 2. The Morgan fingerprint density at radius 1 is 0.889 bits per heavy atom. The SMILES string of the molecule is O=C(ON1C(=O)c2cccc3c([N+](=O)[O-])ccc(c23)C1=O)c1ccccc1. The summed E-state index contributed by atoms with van der Waals surface area (Å²) in [5, 5.41) is 12.0. The lowest BCUT2D eigenvalue weighted by molar-refractivity contribution is -0.383. The average Bonchev–Trinajstić information content (AvgIpc) is 2.69. The number of amides is 2. The van der Waals surface area contributed by atoms with Crippen LogP contribution >= 0.6 is 0 Å². The van der Waals surface area contributed by atoms with E-state index in [0.29, 0.717) is 5.06 Å². The summed E-state index contributed by atoms with van der Waals surface area (Å²) in [7, 11) is 0. The number of hydrogen-bond acceptors (Lipinski definition) is 6. The maximum absolute atomic E-state index is 12.7. The molecule has 4 rings (SSSR count). The van der Waals surface area contributed by atoms with Crippen molar-refractivity contribution in [1.82, 2.24) is 5.06 Å². The number of benzene rings is 3. The normalized spacial score (nSPS) is 13.0. The first-order chi connectivity index (χ1) is 13.0. The zero-order valence-electron chi connectivity index (χ0n) is 13.6. The Morgan fingerprint density at radius 2 is 1.56 bits per heavy atom. The molecule has 3 aromatic rings. The first-order valence-electron chi connectivity index (χ1n) is 7.85. The van der Waals surface area contributed by atoms with Crippen LogP contribution in [0.4, 0.5) is 5.69 Å². The second-order valence-electron chi connectivity index (χ2n) is 5.77. The number of carbonyl (C=O) groups excluding carboxylic acids is 3. The van der Waals surface area contributed by atoms with Crippen molar-refractivity contribution in [2.45, 2.75) is 0 Å². The summed E-state index contributed by atoms with van der Waals surface area (Å²) < 4.78 is 0. The van der Waals surface area contributed by atoms with Crippen molar-refractivity contribution in [1.29, 1.82) is 0 Å². The molecule has 0 bridgehead atoms. The number of nitro benzene ring substituents is 1. The van der Waals surface area contributed by atoms with Crippen LogP contribution in [-0.4, -0.2) is 27.8 Å². The fraction of sp³-hybridized carbons (Fsp3) is 0. The molecule has 8 heteroatoms. The lowest BCUT2D eigenvalue weighted by atomic mass is 9.94. The van der Waals surface area contributed by atoms with E-state index in [-0.39, 0.29) is 33.2 Å². The molecule has 0 aromatic heterocycles. The van der Waals surface area contributed by atoms with Gasteiger partial charge < -0.3 is 4.84 Å². The van der Waals surface area contributed by atoms with Gasteiger partial charge in [-0.15, -0.1) is 0 Å². The largest absolute Gasteiger partial charge is 0.363 e. The average molecular weight is 362 g/mol. The molecule has 0 N–H and O–H groups in total. The number of nitro groups is 1. The summed E-state index contributed by atoms with van der Waals surface area (Å²) >= 11 is 0. The summed E-state index contributed by atoms with van der Waals surface area (Å²) in [6.07, 6.45) is 0. The van der Waals surface area contributed by atoms with Gasteiger partial charge in [-0.2, -0.15) is 0 Å². The van der Waals surface area contributed by atoms with E-state index in [2.05, 4.69) is 0 Å². The van der Waals surface area contributed by atoms with Crippen LogP contribution < -0.4 is 0 Å². The molecule has 0 atom stereocenters. The number of non-ortho nitro benzene ring substituents is 1. The van der Waals surface area contributed by atoms with Gasteiger partial charge in [0.25, 0.3) is 17.5 Å². The predicted octanol–water partition coefficient (Wildman–Crippen LogP) is 3.12. The topological polar surface area (TPSA) is 107 Å². The van der Waals surface area contributed by atoms with Crippen LogP contribution in [0.5, 0.6) is 0 Å². The summed E-state index contributed by atoms with van der Waals surface area (Å²) in [5.41, 5.74) is 0.0510. The highest BCUT2D eigenvalue weighted by Crippen LogP contribution is 2.35. The van der Waals surface area contributed by atoms with Gasteiger partial charge in [-0.25, -0.2) is 4.79 Å². The highest BCUT2D eigenvalue weighted by atomic mass is 16.7. The Labute approximate surface area is 151 Å². The summed E-state index contributed by atoms with van der Waals surface area (Å²) in [6, 6.07) is 14.7. The molecule has 1 aliphatic rings. The number of rotatable bonds is 3. The maximum Gasteiger partial charge on any atom is 0.363 e. The predicted molar refractivity (Wildman–Crippen MR) is 93.0 cm³/mol. The van der Waals surface area contributed by atoms with E-state index < -0.39 is 22.7 Å². The highest BCUT2D eigenvalue weighted by Gasteiger charge is 2.37. The molecule has 0 spiro atoms. The minimum absolute atomic E-state index is 0.0478. The summed E-state index contributed by atoms with van der Waals surface area (Å²) in [4.78, 5) is 53.4. The summed E-state index contributed by atoms with van der Waals surface area (Å²) in [6.45, 7) is 0. The molecular weight excluding hydrogens is 352 g/mol. The van der Waals surface area contributed by atoms with Crippen LogP contribution in [-0.2, 0) is 4.84 Å². The molecule has 3 aromatic carbocycles. The van der Waals surface area contributed by atoms with Crippen LogP contribution in [0.25, 0.3) is 10.8 Å². The first-order valence-corrected chi connectivity index (χ1v) is 7.85. The molecule has 0 unspecified atom stereocenters. The third-order valence-corrected chi connectivity index (χ3v) is 4.23. The standard InChI is InChI=1S/C19H10N2O6/c22-17-13-8-4-7-12-15(21(25)26)10-9-14(16(12)13)18(23)20(17)27-19(24)11-5-2-1-3-6-11/h1-10H. The van der Waals surface area contributed by atoms with E-state index in [4.69, 9.17) is 4.84 Å². The fourth-order valence-corrected chi connectivity index (χ4v) is 3.01. The van der Waals surface area contributed by atoms with Crippen molar-refractivity contribution in [3.05, 3.63) is 87.5 Å². The van der Waals surface area contributed by atoms with Gasteiger partial charge in [0, 0.05) is 11.5 Å². The van der Waals surface area contributed by atoms with Crippen LogP contribution in [0.3, 0.4) is 0 Å². The monoisotopic (exact) mass is 362 g/mol. The van der Waals surface area contributed by atoms with Gasteiger partial charge in [-0.1, -0.05) is 29.3 Å². The zero-order valence-corrected chi connectivity index (χ0v) is 13.6. The molecule has 1 aliphatic heterocycles. The van der Waals surface area contributed by atoms with Crippen molar-refractivity contribution < 1.29 is 24.1 Å². The molecule has 132 valence electrons. The lowest BCUT2D eigenvalue weighted by Gasteiger charge is -2.25. The van der Waals surface area contributed by atoms with Gasteiger partial charge in [0.1, 0.15) is 0 Å². The quantitative estimate of drug-likeness (QED) is 0.402. The number of hydrogen-bond donors (Lipinski definition) is 0. The van der Waals surface area contributed by atoms with Gasteiger partial charge in [0.15, 0.2) is 0 Å². The van der Waals surface area contributed by atoms with Crippen molar-refractivity contribution in [2.75, 3.05) is 0 Å². The molecule has 27 heavy (non-hydrogen) atoms. The number of carbonyl (C=O) groups is 3. The van der Waals surface area contributed by atoms with Gasteiger partial charge in [-0.05, 0) is 30.3 Å². The molecule has 8 nitrogen and oxygen atoms in total. The van der Waals surface area contributed by atoms with E-state index >= 15 is 0 Å². The first kappa shape index (κ1) is 16.4. The number of hydroxylamine groups is 2. The zero-order chi connectivity index (χ0) is 19.1. The Balaban J connectivity index is 1.80. The van der Waals surface area contributed by atoms with Crippen LogP contribution in [0.15, 0.2) is 60.7 Å². The smallest absolute Gasteiger partial charge is 0.324 e. The second kappa shape index (κ2) is 6.03. The molecule has 0 aliphatic carbocycles. The van der Waals surface area contributed by atoms with Gasteiger partial charge in [0.2, 0.25) is 0 Å². The van der Waals surface area contributed by atoms with Crippen LogP contribution in [0.1, 0.15) is 31.1 Å². The Kier molecular flexibility index (Phi) is 3.66. The van der Waals surface area contributed by atoms with E-state index in [1.807, 2.05) is 0 Å². The van der Waals surface area contributed by atoms with Crippen molar-refractivity contribution in [2.24, 2.45) is 0 Å². The summed E-state index contributed by atoms with van der Waals surface area (Å²) in [5.74, 6) is -2.58. The van der Waals surface area contributed by atoms with Crippen LogP contribution in [0.2, 0.25) is 0 Å². The van der Waals surface area contributed by atoms with Crippen molar-refractivity contribution in [3.63, 3.8) is 0 Å². The van der Waals surface area contributed by atoms with Gasteiger partial charge >= 0.3 is 5.97 Å². The minimum atomic E-state index is -0.866. The molecular formula is C19H10N2O6. The third-order valence-electron chi connectivity index (χ3n) is 4.23. The van der Waals surface area contributed by atoms with Crippen molar-refractivity contribution >= 4 is 34.2 Å². The third kappa shape index (κ3) is 2.51. The molecule has 0 saturated carbocycles. The Morgan fingerprint density at radius 3 is 2.22 bits per heavy atom. The second-order valence-corrected chi connectivity index (χ2v) is 5.77. The highest BCUT2D eigenvalue weighted by molar-refractivity contribution is 6.26. The molecule has 0 radical (unpaired) electrons. The van der Waals surface area contributed by atoms with E-state index in [9.17, 15) is 24.5 Å². The van der Waals surface area contributed by atoms with Crippen LogP contribution in [0, 0.1) is 10.1 Å². The minimum Gasteiger partial charge on any atom is -0.324 e. The van der Waals surface area contributed by atoms with E-state index in [0.717, 1.165) is 0 Å². The van der Waals surface area contributed by atoms with Gasteiger partial charge in [-0.3, -0.25) is 19.7 Å². The molecule has 2 amide bonds.